The summed E-state index contributed by atoms with van der Waals surface area (Å²) >= 11 is 0. The van der Waals surface area contributed by atoms with E-state index in [1.807, 2.05) is 0 Å². The molecular formula is C19H18N2O6. The SMILES string of the molecule is O=C(O)c1cnc(C(=O)O)c(C(=O)O)c1-c1ccccc1CN1CCCC1. The van der Waals surface area contributed by atoms with Crippen molar-refractivity contribution < 1.29 is 29.7 Å². The molecule has 1 aromatic carbocycles. The number of hydrogen-bond donors (Lipinski definition) is 3. The molecule has 3 rings (SSSR count). The fraction of sp³-hybridized carbons (Fsp3) is 0.263. The number of benzene rings is 1. The number of hydrogen-bond acceptors (Lipinski definition) is 5. The molecule has 0 atom stereocenters. The zero-order valence-electron chi connectivity index (χ0n) is 14.4. The highest BCUT2D eigenvalue weighted by Crippen LogP contribution is 2.33. The molecule has 140 valence electrons. The zero-order chi connectivity index (χ0) is 19.6. The van der Waals surface area contributed by atoms with Gasteiger partial charge in [0, 0.05) is 18.3 Å². The first-order chi connectivity index (χ1) is 12.9. The van der Waals surface area contributed by atoms with Gasteiger partial charge in [-0.15, -0.1) is 0 Å². The van der Waals surface area contributed by atoms with Crippen LogP contribution in [0.25, 0.3) is 11.1 Å². The van der Waals surface area contributed by atoms with Crippen LogP contribution >= 0.6 is 0 Å². The Balaban J connectivity index is 2.26. The Morgan fingerprint density at radius 2 is 1.63 bits per heavy atom. The van der Waals surface area contributed by atoms with Gasteiger partial charge in [-0.25, -0.2) is 19.4 Å². The second kappa shape index (κ2) is 7.55. The second-order valence-corrected chi connectivity index (χ2v) is 6.33. The summed E-state index contributed by atoms with van der Waals surface area (Å²) in [5.74, 6) is -4.43. The predicted molar refractivity (Wildman–Crippen MR) is 95.1 cm³/mol. The lowest BCUT2D eigenvalue weighted by atomic mass is 9.91. The zero-order valence-corrected chi connectivity index (χ0v) is 14.4. The number of carboxylic acids is 3. The number of aromatic nitrogens is 1. The van der Waals surface area contributed by atoms with Crippen LogP contribution in [0.4, 0.5) is 0 Å². The van der Waals surface area contributed by atoms with Gasteiger partial charge in [0.1, 0.15) is 5.56 Å². The molecule has 1 aliphatic heterocycles. The first kappa shape index (κ1) is 18.5. The van der Waals surface area contributed by atoms with E-state index in [2.05, 4.69) is 9.88 Å². The van der Waals surface area contributed by atoms with Gasteiger partial charge in [0.25, 0.3) is 0 Å². The average Bonchev–Trinajstić information content (AvgIpc) is 3.13. The molecule has 1 aromatic heterocycles. The van der Waals surface area contributed by atoms with Gasteiger partial charge in [0.2, 0.25) is 0 Å². The van der Waals surface area contributed by atoms with Crippen LogP contribution in [0.1, 0.15) is 49.6 Å². The van der Waals surface area contributed by atoms with Gasteiger partial charge in [0.05, 0.1) is 5.56 Å². The van der Waals surface area contributed by atoms with E-state index in [9.17, 15) is 29.7 Å². The molecule has 0 aliphatic carbocycles. The fourth-order valence-corrected chi connectivity index (χ4v) is 3.41. The maximum Gasteiger partial charge on any atom is 0.355 e. The summed E-state index contributed by atoms with van der Waals surface area (Å²) < 4.78 is 0. The summed E-state index contributed by atoms with van der Waals surface area (Å²) in [5.41, 5.74) is -0.630. The molecule has 0 unspecified atom stereocenters. The number of likely N-dealkylation sites (tertiary alicyclic amines) is 1. The van der Waals surface area contributed by atoms with E-state index in [0.717, 1.165) is 37.7 Å². The Bertz CT molecular complexity index is 918. The molecule has 1 saturated heterocycles. The van der Waals surface area contributed by atoms with Crippen LogP contribution in [0.15, 0.2) is 30.5 Å². The van der Waals surface area contributed by atoms with Crippen LogP contribution in [-0.2, 0) is 6.54 Å². The van der Waals surface area contributed by atoms with E-state index < -0.39 is 29.2 Å². The molecule has 0 saturated carbocycles. The van der Waals surface area contributed by atoms with Crippen molar-refractivity contribution in [3.8, 4) is 11.1 Å². The van der Waals surface area contributed by atoms with Gasteiger partial charge in [0.15, 0.2) is 5.69 Å². The molecule has 0 spiro atoms. The molecule has 0 amide bonds. The molecule has 1 fully saturated rings. The Kier molecular flexibility index (Phi) is 5.18. The second-order valence-electron chi connectivity index (χ2n) is 6.33. The standard InChI is InChI=1S/C19H18N2O6/c22-17(23)13-9-20-16(19(26)27)15(18(24)25)14(13)12-6-2-1-5-11(12)10-21-7-3-4-8-21/h1-2,5-6,9H,3-4,7-8,10H2,(H,22,23)(H,24,25)(H,26,27). The quantitative estimate of drug-likeness (QED) is 0.707. The van der Waals surface area contributed by atoms with E-state index in [4.69, 9.17) is 0 Å². The number of carbonyl (C=O) groups is 3. The topological polar surface area (TPSA) is 128 Å². The Morgan fingerprint density at radius 3 is 2.22 bits per heavy atom. The van der Waals surface area contributed by atoms with E-state index in [1.165, 1.54) is 0 Å². The third-order valence-corrected chi connectivity index (χ3v) is 4.61. The smallest absolute Gasteiger partial charge is 0.355 e. The summed E-state index contributed by atoms with van der Waals surface area (Å²) in [5, 5.41) is 28.5. The molecular weight excluding hydrogens is 352 g/mol. The summed E-state index contributed by atoms with van der Waals surface area (Å²) in [4.78, 5) is 40.8. The van der Waals surface area contributed by atoms with Crippen molar-refractivity contribution in [1.29, 1.82) is 0 Å². The fourth-order valence-electron chi connectivity index (χ4n) is 3.41. The number of carboxylic acid groups (broad SMARTS) is 3. The molecule has 8 nitrogen and oxygen atoms in total. The van der Waals surface area contributed by atoms with Gasteiger partial charge in [-0.3, -0.25) is 4.90 Å². The van der Waals surface area contributed by atoms with E-state index >= 15 is 0 Å². The number of pyridine rings is 1. The largest absolute Gasteiger partial charge is 0.478 e. The van der Waals surface area contributed by atoms with Crippen molar-refractivity contribution in [2.24, 2.45) is 0 Å². The minimum absolute atomic E-state index is 0.128. The third kappa shape index (κ3) is 3.65. The average molecular weight is 370 g/mol. The van der Waals surface area contributed by atoms with Crippen molar-refractivity contribution in [2.75, 3.05) is 13.1 Å². The van der Waals surface area contributed by atoms with Crippen molar-refractivity contribution in [3.05, 3.63) is 52.8 Å². The lowest BCUT2D eigenvalue weighted by Gasteiger charge is -2.19. The first-order valence-corrected chi connectivity index (χ1v) is 8.43. The van der Waals surface area contributed by atoms with Gasteiger partial charge in [-0.2, -0.15) is 0 Å². The third-order valence-electron chi connectivity index (χ3n) is 4.61. The Hall–Kier alpha value is -3.26. The summed E-state index contributed by atoms with van der Waals surface area (Å²) in [6.45, 7) is 2.34. The van der Waals surface area contributed by atoms with Gasteiger partial charge in [-0.05, 0) is 37.1 Å². The minimum atomic E-state index is -1.53. The summed E-state index contributed by atoms with van der Waals surface area (Å²) in [6.07, 6.45) is 3.04. The normalized spacial score (nSPS) is 14.2. The Labute approximate surface area is 154 Å². The summed E-state index contributed by atoms with van der Waals surface area (Å²) in [7, 11) is 0. The van der Waals surface area contributed by atoms with Crippen LogP contribution in [0.2, 0.25) is 0 Å². The highest BCUT2D eigenvalue weighted by atomic mass is 16.4. The molecule has 3 N–H and O–H groups in total. The monoisotopic (exact) mass is 370 g/mol. The molecule has 2 heterocycles. The number of rotatable bonds is 6. The van der Waals surface area contributed by atoms with Gasteiger partial charge < -0.3 is 15.3 Å². The lowest BCUT2D eigenvalue weighted by Crippen LogP contribution is -2.20. The van der Waals surface area contributed by atoms with E-state index in [0.29, 0.717) is 12.1 Å². The van der Waals surface area contributed by atoms with Crippen molar-refractivity contribution >= 4 is 17.9 Å². The number of aromatic carboxylic acids is 3. The van der Waals surface area contributed by atoms with Crippen molar-refractivity contribution in [3.63, 3.8) is 0 Å². The number of nitrogens with zero attached hydrogens (tertiary/aromatic N) is 2. The maximum atomic E-state index is 11.8. The lowest BCUT2D eigenvalue weighted by molar-refractivity contribution is 0.0644. The van der Waals surface area contributed by atoms with Crippen molar-refractivity contribution in [1.82, 2.24) is 9.88 Å². The molecule has 2 aromatic rings. The molecule has 1 aliphatic rings. The van der Waals surface area contributed by atoms with Gasteiger partial charge >= 0.3 is 17.9 Å². The molecule has 27 heavy (non-hydrogen) atoms. The van der Waals surface area contributed by atoms with Crippen LogP contribution in [-0.4, -0.2) is 56.2 Å². The Morgan fingerprint density at radius 1 is 0.963 bits per heavy atom. The highest BCUT2D eigenvalue weighted by Gasteiger charge is 2.29. The maximum absolute atomic E-state index is 11.8. The summed E-state index contributed by atoms with van der Waals surface area (Å²) in [6, 6.07) is 6.87. The van der Waals surface area contributed by atoms with Crippen molar-refractivity contribution in [2.45, 2.75) is 19.4 Å². The predicted octanol–water partition coefficient (Wildman–Crippen LogP) is 2.44. The molecule has 0 radical (unpaired) electrons. The van der Waals surface area contributed by atoms with E-state index in [-0.39, 0.29) is 11.1 Å². The van der Waals surface area contributed by atoms with Gasteiger partial charge in [-0.1, -0.05) is 24.3 Å². The van der Waals surface area contributed by atoms with Crippen LogP contribution < -0.4 is 0 Å². The highest BCUT2D eigenvalue weighted by molar-refractivity contribution is 6.10. The molecule has 0 bridgehead atoms. The first-order valence-electron chi connectivity index (χ1n) is 8.43. The van der Waals surface area contributed by atoms with Crippen LogP contribution in [0.5, 0.6) is 0 Å². The van der Waals surface area contributed by atoms with E-state index in [1.54, 1.807) is 24.3 Å². The molecule has 8 heteroatoms. The van der Waals surface area contributed by atoms with Crippen LogP contribution in [0.3, 0.4) is 0 Å². The van der Waals surface area contributed by atoms with Crippen LogP contribution in [0, 0.1) is 0 Å². The minimum Gasteiger partial charge on any atom is -0.478 e.